The largest absolute Gasteiger partial charge is 0.462 e. The first-order chi connectivity index (χ1) is 10.4. The first kappa shape index (κ1) is 19.2. The van der Waals surface area contributed by atoms with Crippen LogP contribution in [-0.4, -0.2) is 23.2 Å². The Bertz CT molecular complexity index is 773. The van der Waals surface area contributed by atoms with Gasteiger partial charge in [0.2, 0.25) is 4.80 Å². The van der Waals surface area contributed by atoms with Crippen molar-refractivity contribution in [3.63, 3.8) is 0 Å². The smallest absolute Gasteiger partial charge is 0.352 e. The molecule has 0 bridgehead atoms. The molecule has 0 saturated heterocycles. The van der Waals surface area contributed by atoms with Gasteiger partial charge in [0, 0.05) is 10.6 Å². The standard InChI is InChI=1S/C13H13ClN4O3S.BrH/c1-2-21-12(20)9-10(15)18(13(16)22-9)17-11(19)7-3-5-8(14)6-4-7;/h3-6,16H,2,15H2,1H3,(H,17,19);1H. The van der Waals surface area contributed by atoms with Crippen LogP contribution in [0.2, 0.25) is 5.02 Å². The van der Waals surface area contributed by atoms with Crippen molar-refractivity contribution in [2.24, 2.45) is 0 Å². The van der Waals surface area contributed by atoms with E-state index in [9.17, 15) is 9.59 Å². The summed E-state index contributed by atoms with van der Waals surface area (Å²) < 4.78 is 5.88. The van der Waals surface area contributed by atoms with Gasteiger partial charge in [0.1, 0.15) is 0 Å². The molecule has 1 aromatic carbocycles. The minimum absolute atomic E-state index is 0. The SMILES string of the molecule is Br.CCOC(=O)c1sc(=N)n(NC(=O)c2ccc(Cl)cc2)c1N. The van der Waals surface area contributed by atoms with Crippen molar-refractivity contribution in [2.75, 3.05) is 17.8 Å². The number of thiazole rings is 1. The second-order valence-electron chi connectivity index (χ2n) is 4.13. The lowest BCUT2D eigenvalue weighted by molar-refractivity contribution is 0.0532. The van der Waals surface area contributed by atoms with E-state index in [2.05, 4.69) is 5.43 Å². The third-order valence-corrected chi connectivity index (χ3v) is 3.86. The molecular weight excluding hydrogens is 408 g/mol. The van der Waals surface area contributed by atoms with Crippen molar-refractivity contribution in [3.8, 4) is 0 Å². The van der Waals surface area contributed by atoms with Crippen molar-refractivity contribution in [2.45, 2.75) is 6.92 Å². The lowest BCUT2D eigenvalue weighted by Crippen LogP contribution is -2.31. The number of nitrogen functional groups attached to an aromatic ring is 1. The fraction of sp³-hybridized carbons (Fsp3) is 0.154. The number of nitrogens with one attached hydrogen (secondary N) is 2. The molecule has 4 N–H and O–H groups in total. The zero-order chi connectivity index (χ0) is 16.3. The average Bonchev–Trinajstić information content (AvgIpc) is 2.76. The summed E-state index contributed by atoms with van der Waals surface area (Å²) in [5, 5.41) is 8.31. The first-order valence-electron chi connectivity index (χ1n) is 6.24. The Balaban J connectivity index is 0.00000264. The van der Waals surface area contributed by atoms with E-state index in [4.69, 9.17) is 27.5 Å². The van der Waals surface area contributed by atoms with E-state index < -0.39 is 11.9 Å². The molecule has 23 heavy (non-hydrogen) atoms. The number of benzene rings is 1. The zero-order valence-corrected chi connectivity index (χ0v) is 15.2. The topological polar surface area (TPSA) is 110 Å². The molecule has 0 radical (unpaired) electrons. The van der Waals surface area contributed by atoms with Crippen molar-refractivity contribution >= 4 is 57.6 Å². The maximum atomic E-state index is 12.1. The van der Waals surface area contributed by atoms with E-state index in [-0.39, 0.29) is 39.1 Å². The summed E-state index contributed by atoms with van der Waals surface area (Å²) in [6.07, 6.45) is 0. The van der Waals surface area contributed by atoms with Gasteiger partial charge in [-0.15, -0.1) is 17.0 Å². The van der Waals surface area contributed by atoms with E-state index in [0.717, 1.165) is 16.0 Å². The third-order valence-electron chi connectivity index (χ3n) is 2.66. The molecule has 0 spiro atoms. The number of nitrogens with zero attached hydrogens (tertiary/aromatic N) is 1. The Hall–Kier alpha value is -1.84. The molecule has 1 heterocycles. The fourth-order valence-corrected chi connectivity index (χ4v) is 2.52. The highest BCUT2D eigenvalue weighted by atomic mass is 79.9. The van der Waals surface area contributed by atoms with Crippen LogP contribution in [0.3, 0.4) is 0 Å². The molecule has 2 aromatic rings. The van der Waals surface area contributed by atoms with Crippen LogP contribution in [0.4, 0.5) is 5.82 Å². The highest BCUT2D eigenvalue weighted by Crippen LogP contribution is 2.16. The maximum absolute atomic E-state index is 12.1. The Kier molecular flexibility index (Phi) is 6.79. The lowest BCUT2D eigenvalue weighted by atomic mass is 10.2. The molecule has 2 rings (SSSR count). The molecular formula is C13H14BrClN4O3S. The van der Waals surface area contributed by atoms with Gasteiger partial charge in [0.15, 0.2) is 10.7 Å². The minimum atomic E-state index is -0.627. The van der Waals surface area contributed by atoms with Crippen LogP contribution in [0, 0.1) is 5.41 Å². The predicted molar refractivity (Wildman–Crippen MR) is 94.0 cm³/mol. The summed E-state index contributed by atoms with van der Waals surface area (Å²) in [7, 11) is 0. The average molecular weight is 422 g/mol. The molecule has 124 valence electrons. The summed E-state index contributed by atoms with van der Waals surface area (Å²) >= 11 is 6.58. The van der Waals surface area contributed by atoms with E-state index in [1.165, 1.54) is 12.1 Å². The predicted octanol–water partition coefficient (Wildman–Crippen LogP) is 2.40. The summed E-state index contributed by atoms with van der Waals surface area (Å²) in [4.78, 5) is 23.8. The summed E-state index contributed by atoms with van der Waals surface area (Å²) in [6, 6.07) is 6.22. The van der Waals surface area contributed by atoms with Crippen LogP contribution >= 0.6 is 39.9 Å². The van der Waals surface area contributed by atoms with Crippen LogP contribution < -0.4 is 16.0 Å². The Morgan fingerprint density at radius 2 is 2.00 bits per heavy atom. The molecule has 7 nitrogen and oxygen atoms in total. The Morgan fingerprint density at radius 1 is 1.39 bits per heavy atom. The number of carbonyl (C=O) groups is 2. The molecule has 0 atom stereocenters. The molecule has 0 aliphatic carbocycles. The van der Waals surface area contributed by atoms with Crippen LogP contribution in [-0.2, 0) is 4.74 Å². The lowest BCUT2D eigenvalue weighted by Gasteiger charge is -2.08. The number of amides is 1. The highest BCUT2D eigenvalue weighted by Gasteiger charge is 2.19. The number of rotatable bonds is 4. The molecule has 1 amide bonds. The maximum Gasteiger partial charge on any atom is 0.352 e. The normalized spacial score (nSPS) is 9.83. The number of hydrogen-bond donors (Lipinski definition) is 3. The number of nitrogens with two attached hydrogens (primary N) is 1. The van der Waals surface area contributed by atoms with Gasteiger partial charge >= 0.3 is 5.97 Å². The molecule has 0 unspecified atom stereocenters. The minimum Gasteiger partial charge on any atom is -0.462 e. The van der Waals surface area contributed by atoms with E-state index in [0.29, 0.717) is 10.6 Å². The number of esters is 1. The molecule has 0 aliphatic heterocycles. The first-order valence-corrected chi connectivity index (χ1v) is 7.43. The second kappa shape index (κ2) is 8.14. The third kappa shape index (κ3) is 4.34. The van der Waals surface area contributed by atoms with Gasteiger partial charge in [0.25, 0.3) is 5.91 Å². The number of aromatic nitrogens is 1. The molecule has 10 heteroatoms. The molecule has 0 fully saturated rings. The van der Waals surface area contributed by atoms with E-state index in [1.807, 2.05) is 0 Å². The van der Waals surface area contributed by atoms with Crippen molar-refractivity contribution < 1.29 is 14.3 Å². The second-order valence-corrected chi connectivity index (χ2v) is 5.56. The summed E-state index contributed by atoms with van der Waals surface area (Å²) in [5.41, 5.74) is 8.61. The number of hydrogen-bond acceptors (Lipinski definition) is 6. The van der Waals surface area contributed by atoms with Crippen molar-refractivity contribution in [1.29, 1.82) is 5.41 Å². The molecule has 1 aromatic heterocycles. The monoisotopic (exact) mass is 420 g/mol. The van der Waals surface area contributed by atoms with Gasteiger partial charge in [-0.3, -0.25) is 15.6 Å². The van der Waals surface area contributed by atoms with Gasteiger partial charge in [-0.2, -0.15) is 0 Å². The number of carbonyl (C=O) groups excluding carboxylic acids is 2. The Labute approximate surface area is 151 Å². The van der Waals surface area contributed by atoms with Gasteiger partial charge in [0.05, 0.1) is 6.61 Å². The quantitative estimate of drug-likeness (QED) is 0.658. The van der Waals surface area contributed by atoms with Crippen molar-refractivity contribution in [3.05, 3.63) is 44.5 Å². The van der Waals surface area contributed by atoms with Gasteiger partial charge in [-0.25, -0.2) is 9.47 Å². The molecule has 0 saturated carbocycles. The zero-order valence-electron chi connectivity index (χ0n) is 12.0. The van der Waals surface area contributed by atoms with E-state index >= 15 is 0 Å². The number of ether oxygens (including phenoxy) is 1. The van der Waals surface area contributed by atoms with Gasteiger partial charge in [-0.05, 0) is 31.2 Å². The van der Waals surface area contributed by atoms with Crippen LogP contribution in [0.5, 0.6) is 0 Å². The van der Waals surface area contributed by atoms with Crippen LogP contribution in [0.1, 0.15) is 27.0 Å². The van der Waals surface area contributed by atoms with Crippen LogP contribution in [0.25, 0.3) is 0 Å². The molecule has 0 aliphatic rings. The van der Waals surface area contributed by atoms with Crippen molar-refractivity contribution in [1.82, 2.24) is 4.68 Å². The number of anilines is 1. The number of halogens is 2. The van der Waals surface area contributed by atoms with Gasteiger partial charge in [-0.1, -0.05) is 22.9 Å². The summed E-state index contributed by atoms with van der Waals surface area (Å²) in [5.74, 6) is -1.15. The fourth-order valence-electron chi connectivity index (χ4n) is 1.63. The van der Waals surface area contributed by atoms with Crippen LogP contribution in [0.15, 0.2) is 24.3 Å². The Morgan fingerprint density at radius 3 is 2.57 bits per heavy atom. The highest BCUT2D eigenvalue weighted by molar-refractivity contribution is 8.93. The van der Waals surface area contributed by atoms with E-state index in [1.54, 1.807) is 19.1 Å². The summed E-state index contributed by atoms with van der Waals surface area (Å²) in [6.45, 7) is 1.86. The van der Waals surface area contributed by atoms with Gasteiger partial charge < -0.3 is 10.5 Å².